The maximum Gasteiger partial charge on any atom is 0.222 e. The van der Waals surface area contributed by atoms with Crippen LogP contribution in [0.5, 0.6) is 0 Å². The second kappa shape index (κ2) is 7.25. The molecule has 0 atom stereocenters. The predicted octanol–water partition coefficient (Wildman–Crippen LogP) is 1.84. The van der Waals surface area contributed by atoms with Crippen molar-refractivity contribution >= 4 is 5.91 Å². The van der Waals surface area contributed by atoms with Crippen molar-refractivity contribution in [1.29, 1.82) is 0 Å². The van der Waals surface area contributed by atoms with Crippen LogP contribution in [0.3, 0.4) is 0 Å². The van der Waals surface area contributed by atoms with Crippen LogP contribution in [0.2, 0.25) is 0 Å². The molecule has 1 fully saturated rings. The van der Waals surface area contributed by atoms with Gasteiger partial charge in [0, 0.05) is 38.1 Å². The van der Waals surface area contributed by atoms with E-state index >= 15 is 0 Å². The third-order valence-electron chi connectivity index (χ3n) is 4.02. The number of carbonyl (C=O) groups excluding carboxylic acids is 1. The number of hydrogen-bond donors (Lipinski definition) is 1. The molecule has 112 valence electrons. The van der Waals surface area contributed by atoms with Gasteiger partial charge in [0.05, 0.1) is 0 Å². The highest BCUT2D eigenvalue weighted by Gasteiger charge is 2.25. The number of piperidine rings is 1. The molecule has 1 aliphatic heterocycles. The van der Waals surface area contributed by atoms with Gasteiger partial charge in [-0.25, -0.2) is 0 Å². The Hall–Kier alpha value is -0.610. The molecule has 4 heteroatoms. The summed E-state index contributed by atoms with van der Waals surface area (Å²) in [5, 5.41) is 0. The fourth-order valence-corrected chi connectivity index (χ4v) is 2.66. The van der Waals surface area contributed by atoms with Crippen LogP contribution >= 0.6 is 0 Å². The van der Waals surface area contributed by atoms with Crippen LogP contribution in [0.4, 0.5) is 0 Å². The second-order valence-corrected chi connectivity index (χ2v) is 6.57. The van der Waals surface area contributed by atoms with Gasteiger partial charge in [0.2, 0.25) is 5.91 Å². The largest absolute Gasteiger partial charge is 0.343 e. The van der Waals surface area contributed by atoms with Gasteiger partial charge in [-0.15, -0.1) is 0 Å². The van der Waals surface area contributed by atoms with Crippen molar-refractivity contribution in [2.75, 3.05) is 26.7 Å². The molecule has 0 aromatic heterocycles. The molecule has 1 heterocycles. The third kappa shape index (κ3) is 5.91. The summed E-state index contributed by atoms with van der Waals surface area (Å²) < 4.78 is 0. The molecular formula is C15H31N3O. The lowest BCUT2D eigenvalue weighted by molar-refractivity contribution is -0.133. The molecule has 0 bridgehead atoms. The van der Waals surface area contributed by atoms with E-state index in [2.05, 4.69) is 11.8 Å². The minimum Gasteiger partial charge on any atom is -0.343 e. The van der Waals surface area contributed by atoms with Crippen molar-refractivity contribution in [3.05, 3.63) is 0 Å². The van der Waals surface area contributed by atoms with Crippen molar-refractivity contribution in [2.24, 2.45) is 5.73 Å². The van der Waals surface area contributed by atoms with Crippen molar-refractivity contribution in [2.45, 2.75) is 64.5 Å². The van der Waals surface area contributed by atoms with E-state index in [-0.39, 0.29) is 11.4 Å². The van der Waals surface area contributed by atoms with E-state index < -0.39 is 0 Å². The van der Waals surface area contributed by atoms with E-state index in [9.17, 15) is 4.79 Å². The third-order valence-corrected chi connectivity index (χ3v) is 4.02. The Kier molecular flexibility index (Phi) is 6.27. The minimum atomic E-state index is -0.249. The van der Waals surface area contributed by atoms with Crippen LogP contribution in [0, 0.1) is 0 Å². The normalized spacial score (nSPS) is 18.6. The topological polar surface area (TPSA) is 49.6 Å². The summed E-state index contributed by atoms with van der Waals surface area (Å²) in [7, 11) is 1.95. The van der Waals surface area contributed by atoms with E-state index in [1.807, 2.05) is 25.8 Å². The van der Waals surface area contributed by atoms with E-state index in [0.717, 1.165) is 32.4 Å². The molecule has 19 heavy (non-hydrogen) atoms. The highest BCUT2D eigenvalue weighted by atomic mass is 16.2. The average molecular weight is 269 g/mol. The lowest BCUT2D eigenvalue weighted by Gasteiger charge is -2.37. The van der Waals surface area contributed by atoms with Crippen LogP contribution in [-0.4, -0.2) is 54.0 Å². The number of nitrogens with two attached hydrogens (primary N) is 1. The Bertz CT molecular complexity index is 278. The number of carbonyl (C=O) groups is 1. The predicted molar refractivity (Wildman–Crippen MR) is 80.0 cm³/mol. The first-order valence-corrected chi connectivity index (χ1v) is 7.60. The number of hydrogen-bond acceptors (Lipinski definition) is 3. The molecule has 4 nitrogen and oxygen atoms in total. The zero-order valence-electron chi connectivity index (χ0n) is 13.1. The Labute approximate surface area is 118 Å². The number of likely N-dealkylation sites (tertiary alicyclic amines) is 1. The maximum absolute atomic E-state index is 12.2. The first-order valence-electron chi connectivity index (χ1n) is 7.60. The van der Waals surface area contributed by atoms with Gasteiger partial charge in [-0.3, -0.25) is 4.79 Å². The van der Waals surface area contributed by atoms with Crippen LogP contribution in [0.15, 0.2) is 0 Å². The lowest BCUT2D eigenvalue weighted by Crippen LogP contribution is -2.46. The average Bonchev–Trinajstić information content (AvgIpc) is 2.35. The van der Waals surface area contributed by atoms with Gasteiger partial charge in [-0.2, -0.15) is 0 Å². The van der Waals surface area contributed by atoms with Gasteiger partial charge in [-0.1, -0.05) is 6.92 Å². The summed E-state index contributed by atoms with van der Waals surface area (Å²) in [6.45, 7) is 9.60. The Morgan fingerprint density at radius 2 is 1.95 bits per heavy atom. The molecule has 0 aromatic carbocycles. The fourth-order valence-electron chi connectivity index (χ4n) is 2.66. The van der Waals surface area contributed by atoms with Crippen LogP contribution in [0.1, 0.15) is 52.9 Å². The quantitative estimate of drug-likeness (QED) is 0.800. The van der Waals surface area contributed by atoms with Gasteiger partial charge in [0.1, 0.15) is 0 Å². The van der Waals surface area contributed by atoms with Crippen molar-refractivity contribution < 1.29 is 4.79 Å². The second-order valence-electron chi connectivity index (χ2n) is 6.57. The molecule has 1 rings (SSSR count). The summed E-state index contributed by atoms with van der Waals surface area (Å²) in [6.07, 6.45) is 4.74. The molecule has 0 unspecified atom stereocenters. The monoisotopic (exact) mass is 269 g/mol. The van der Waals surface area contributed by atoms with Gasteiger partial charge in [-0.05, 0) is 46.1 Å². The van der Waals surface area contributed by atoms with E-state index in [4.69, 9.17) is 5.73 Å². The molecule has 1 saturated heterocycles. The van der Waals surface area contributed by atoms with E-state index in [1.165, 1.54) is 13.0 Å². The van der Waals surface area contributed by atoms with Gasteiger partial charge >= 0.3 is 0 Å². The van der Waals surface area contributed by atoms with Crippen LogP contribution < -0.4 is 5.73 Å². The molecule has 1 aliphatic rings. The highest BCUT2D eigenvalue weighted by Crippen LogP contribution is 2.17. The van der Waals surface area contributed by atoms with E-state index in [0.29, 0.717) is 12.5 Å². The van der Waals surface area contributed by atoms with Crippen LogP contribution in [-0.2, 0) is 4.79 Å². The van der Waals surface area contributed by atoms with Crippen molar-refractivity contribution in [1.82, 2.24) is 9.80 Å². The molecule has 0 saturated carbocycles. The zero-order chi connectivity index (χ0) is 14.5. The van der Waals surface area contributed by atoms with Crippen LogP contribution in [0.25, 0.3) is 0 Å². The Balaban J connectivity index is 2.34. The fraction of sp³-hybridized carbons (Fsp3) is 0.933. The summed E-state index contributed by atoms with van der Waals surface area (Å²) in [5.74, 6) is 0.243. The molecule has 0 radical (unpaired) electrons. The number of amides is 1. The molecular weight excluding hydrogens is 238 g/mol. The van der Waals surface area contributed by atoms with E-state index in [1.54, 1.807) is 0 Å². The maximum atomic E-state index is 12.2. The molecule has 1 amide bonds. The lowest BCUT2D eigenvalue weighted by atomic mass is 9.98. The summed E-state index contributed by atoms with van der Waals surface area (Å²) in [6, 6.07) is 0.418. The smallest absolute Gasteiger partial charge is 0.222 e. The summed E-state index contributed by atoms with van der Waals surface area (Å²) in [5.41, 5.74) is 5.69. The molecule has 0 aromatic rings. The minimum absolute atomic E-state index is 0.243. The van der Waals surface area contributed by atoms with Gasteiger partial charge in [0.25, 0.3) is 0 Å². The summed E-state index contributed by atoms with van der Waals surface area (Å²) >= 11 is 0. The molecule has 2 N–H and O–H groups in total. The van der Waals surface area contributed by atoms with Gasteiger partial charge < -0.3 is 15.5 Å². The first-order chi connectivity index (χ1) is 8.83. The Morgan fingerprint density at radius 1 is 1.37 bits per heavy atom. The number of rotatable bonds is 6. The SMILES string of the molecule is CCCN1CCC(N(C)C(=O)CCC(C)(C)N)CC1. The molecule has 0 aliphatic carbocycles. The van der Waals surface area contributed by atoms with Crippen molar-refractivity contribution in [3.63, 3.8) is 0 Å². The first kappa shape index (κ1) is 16.4. The molecule has 0 spiro atoms. The van der Waals surface area contributed by atoms with Gasteiger partial charge in [0.15, 0.2) is 0 Å². The highest BCUT2D eigenvalue weighted by molar-refractivity contribution is 5.76. The number of nitrogens with zero attached hydrogens (tertiary/aromatic N) is 2. The Morgan fingerprint density at radius 3 is 2.42 bits per heavy atom. The standard InChI is InChI=1S/C15H31N3O/c1-5-10-18-11-7-13(8-12-18)17(4)14(19)6-9-15(2,3)16/h13H,5-12,16H2,1-4H3. The van der Waals surface area contributed by atoms with Crippen molar-refractivity contribution in [3.8, 4) is 0 Å². The summed E-state index contributed by atoms with van der Waals surface area (Å²) in [4.78, 5) is 16.6. The zero-order valence-corrected chi connectivity index (χ0v) is 13.1.